The molecule has 170 valence electrons. The number of rotatable bonds is 3. The number of nitrogens with zero attached hydrogens (tertiary/aromatic N) is 4. The van der Waals surface area contributed by atoms with Crippen molar-refractivity contribution >= 4 is 43.1 Å². The van der Waals surface area contributed by atoms with Crippen LogP contribution >= 0.6 is 11.3 Å². The molecule has 1 atom stereocenters. The van der Waals surface area contributed by atoms with Crippen molar-refractivity contribution in [3.05, 3.63) is 69.6 Å². The third kappa shape index (κ3) is 3.70. The Balaban J connectivity index is 1.40. The molecular weight excluding hydrogens is 432 g/mol. The van der Waals surface area contributed by atoms with E-state index in [9.17, 15) is 9.59 Å². The summed E-state index contributed by atoms with van der Waals surface area (Å²) < 4.78 is 3.35. The van der Waals surface area contributed by atoms with E-state index in [0.29, 0.717) is 18.5 Å². The van der Waals surface area contributed by atoms with Gasteiger partial charge >= 0.3 is 0 Å². The summed E-state index contributed by atoms with van der Waals surface area (Å²) in [6.45, 7) is 10.7. The minimum atomic E-state index is -0.647. The Morgan fingerprint density at radius 1 is 1.03 bits per heavy atom. The lowest BCUT2D eigenvalue weighted by Crippen LogP contribution is -2.51. The van der Waals surface area contributed by atoms with Crippen molar-refractivity contribution in [1.82, 2.24) is 14.7 Å². The van der Waals surface area contributed by atoms with Gasteiger partial charge in [0.25, 0.3) is 5.56 Å². The third-order valence-electron chi connectivity index (χ3n) is 6.62. The monoisotopic (exact) mass is 460 g/mol. The van der Waals surface area contributed by atoms with Crippen LogP contribution in [-0.4, -0.2) is 46.8 Å². The van der Waals surface area contributed by atoms with Gasteiger partial charge in [0.1, 0.15) is 6.04 Å². The molecule has 4 aromatic rings. The third-order valence-corrected chi connectivity index (χ3v) is 7.90. The molecule has 2 aromatic heterocycles. The zero-order chi connectivity index (χ0) is 23.3. The number of aryl methyl sites for hydroxylation is 3. The summed E-state index contributed by atoms with van der Waals surface area (Å²) in [5, 5.41) is 6.16. The van der Waals surface area contributed by atoms with E-state index in [1.54, 1.807) is 18.3 Å². The van der Waals surface area contributed by atoms with Crippen LogP contribution in [0.2, 0.25) is 0 Å². The molecule has 0 N–H and O–H groups in total. The molecule has 0 aliphatic carbocycles. The molecule has 0 spiro atoms. The molecule has 1 aliphatic heterocycles. The average Bonchev–Trinajstić information content (AvgIpc) is 3.23. The smallest absolute Gasteiger partial charge is 0.276 e. The van der Waals surface area contributed by atoms with E-state index < -0.39 is 6.04 Å². The molecule has 7 heteroatoms. The average molecular weight is 461 g/mol. The summed E-state index contributed by atoms with van der Waals surface area (Å²) in [6, 6.07) is 13.7. The second-order valence-corrected chi connectivity index (χ2v) is 9.97. The van der Waals surface area contributed by atoms with Gasteiger partial charge in [-0.2, -0.15) is 5.10 Å². The van der Waals surface area contributed by atoms with Crippen LogP contribution in [0.3, 0.4) is 0 Å². The van der Waals surface area contributed by atoms with Gasteiger partial charge in [-0.3, -0.25) is 9.59 Å². The highest BCUT2D eigenvalue weighted by atomic mass is 32.1. The van der Waals surface area contributed by atoms with E-state index in [0.717, 1.165) is 33.6 Å². The zero-order valence-corrected chi connectivity index (χ0v) is 20.3. The van der Waals surface area contributed by atoms with Crippen molar-refractivity contribution < 1.29 is 4.79 Å². The van der Waals surface area contributed by atoms with E-state index in [-0.39, 0.29) is 11.5 Å². The molecule has 1 amide bonds. The largest absolute Gasteiger partial charge is 0.368 e. The Hall–Kier alpha value is -3.19. The molecule has 33 heavy (non-hydrogen) atoms. The standard InChI is InChI=1S/C26H28N4O2S/c1-16-9-10-17(2)21(15-16)28-11-13-29(14-12-28)25(31)19(4)30-26(32)23-20-7-5-6-8-22(20)33-24(23)18(3)27-30/h5-10,15,19H,11-14H2,1-4H3. The van der Waals surface area contributed by atoms with E-state index in [4.69, 9.17) is 0 Å². The van der Waals surface area contributed by atoms with E-state index >= 15 is 0 Å². The second kappa shape index (κ2) is 8.30. The maximum Gasteiger partial charge on any atom is 0.276 e. The van der Waals surface area contributed by atoms with Crippen LogP contribution in [-0.2, 0) is 4.79 Å². The van der Waals surface area contributed by atoms with Crippen LogP contribution < -0.4 is 10.5 Å². The molecule has 0 bridgehead atoms. The van der Waals surface area contributed by atoms with Gasteiger partial charge in [0, 0.05) is 42.0 Å². The number of hydrogen-bond acceptors (Lipinski definition) is 5. The number of hydrogen-bond donors (Lipinski definition) is 0. The van der Waals surface area contributed by atoms with Crippen LogP contribution in [0.1, 0.15) is 29.8 Å². The summed E-state index contributed by atoms with van der Waals surface area (Å²) in [5.74, 6) is -0.0523. The first kappa shape index (κ1) is 21.6. The Morgan fingerprint density at radius 2 is 1.76 bits per heavy atom. The number of carbonyl (C=O) groups is 1. The SMILES string of the molecule is Cc1ccc(C)c(N2CCN(C(=O)C(C)n3nc(C)c4sc5ccccc5c4c3=O)CC2)c1. The molecular formula is C26H28N4O2S. The lowest BCUT2D eigenvalue weighted by molar-refractivity contribution is -0.135. The van der Waals surface area contributed by atoms with E-state index in [2.05, 4.69) is 42.0 Å². The van der Waals surface area contributed by atoms with Gasteiger partial charge in [0.15, 0.2) is 0 Å². The number of benzene rings is 2. The maximum atomic E-state index is 13.4. The Kier molecular flexibility index (Phi) is 5.44. The van der Waals surface area contributed by atoms with Crippen LogP contribution in [0.5, 0.6) is 0 Å². The predicted octanol–water partition coefficient (Wildman–Crippen LogP) is 4.45. The molecule has 2 aromatic carbocycles. The van der Waals surface area contributed by atoms with E-state index in [1.165, 1.54) is 21.5 Å². The summed E-state index contributed by atoms with van der Waals surface area (Å²) in [7, 11) is 0. The molecule has 6 nitrogen and oxygen atoms in total. The number of anilines is 1. The van der Waals surface area contributed by atoms with Gasteiger partial charge in [-0.1, -0.05) is 30.3 Å². The number of piperazine rings is 1. The predicted molar refractivity (Wildman–Crippen MR) is 136 cm³/mol. The fourth-order valence-corrected chi connectivity index (χ4v) is 5.87. The summed E-state index contributed by atoms with van der Waals surface area (Å²) in [6.07, 6.45) is 0. The normalized spacial score (nSPS) is 15.4. The number of aromatic nitrogens is 2. The minimum absolute atomic E-state index is 0.0523. The Labute approximate surface area is 197 Å². The Bertz CT molecular complexity index is 1430. The molecule has 5 rings (SSSR count). The van der Waals surface area contributed by atoms with E-state index in [1.807, 2.05) is 36.1 Å². The van der Waals surface area contributed by atoms with Gasteiger partial charge in [0.05, 0.1) is 15.8 Å². The zero-order valence-electron chi connectivity index (χ0n) is 19.5. The first-order valence-electron chi connectivity index (χ1n) is 11.4. The van der Waals surface area contributed by atoms with Crippen LogP contribution in [0, 0.1) is 20.8 Å². The van der Waals surface area contributed by atoms with Gasteiger partial charge < -0.3 is 9.80 Å². The molecule has 0 saturated carbocycles. The first-order valence-corrected chi connectivity index (χ1v) is 12.2. The quantitative estimate of drug-likeness (QED) is 0.453. The van der Waals surface area contributed by atoms with Gasteiger partial charge in [-0.15, -0.1) is 11.3 Å². The lowest BCUT2D eigenvalue weighted by atomic mass is 10.1. The topological polar surface area (TPSA) is 58.4 Å². The van der Waals surface area contributed by atoms with Crippen molar-refractivity contribution in [2.75, 3.05) is 31.1 Å². The fraction of sp³-hybridized carbons (Fsp3) is 0.346. The maximum absolute atomic E-state index is 13.4. The second-order valence-electron chi connectivity index (χ2n) is 8.92. The van der Waals surface area contributed by atoms with Crippen LogP contribution in [0.4, 0.5) is 5.69 Å². The van der Waals surface area contributed by atoms with Gasteiger partial charge in [-0.05, 0) is 51.0 Å². The molecule has 0 radical (unpaired) electrons. The van der Waals surface area contributed by atoms with Gasteiger partial charge in [0.2, 0.25) is 5.91 Å². The van der Waals surface area contributed by atoms with Crippen molar-refractivity contribution in [3.63, 3.8) is 0 Å². The number of carbonyl (C=O) groups excluding carboxylic acids is 1. The van der Waals surface area contributed by atoms with Gasteiger partial charge in [-0.25, -0.2) is 4.68 Å². The van der Waals surface area contributed by atoms with Crippen molar-refractivity contribution in [1.29, 1.82) is 0 Å². The van der Waals surface area contributed by atoms with Crippen molar-refractivity contribution in [2.24, 2.45) is 0 Å². The van der Waals surface area contributed by atoms with Crippen molar-refractivity contribution in [3.8, 4) is 0 Å². The highest BCUT2D eigenvalue weighted by molar-refractivity contribution is 7.26. The molecule has 1 unspecified atom stereocenters. The fourth-order valence-electron chi connectivity index (χ4n) is 4.74. The minimum Gasteiger partial charge on any atom is -0.368 e. The Morgan fingerprint density at radius 3 is 2.52 bits per heavy atom. The number of thiophene rings is 1. The molecule has 1 fully saturated rings. The summed E-state index contributed by atoms with van der Waals surface area (Å²) in [4.78, 5) is 31.0. The first-order chi connectivity index (χ1) is 15.8. The lowest BCUT2D eigenvalue weighted by Gasteiger charge is -2.38. The van der Waals surface area contributed by atoms with Crippen LogP contribution in [0.25, 0.3) is 20.2 Å². The highest BCUT2D eigenvalue weighted by Crippen LogP contribution is 2.33. The molecule has 3 heterocycles. The number of fused-ring (bicyclic) bond motifs is 3. The summed E-state index contributed by atoms with van der Waals surface area (Å²) in [5.41, 5.74) is 4.31. The summed E-state index contributed by atoms with van der Waals surface area (Å²) >= 11 is 1.58. The van der Waals surface area contributed by atoms with Crippen LogP contribution in [0.15, 0.2) is 47.3 Å². The number of amides is 1. The molecule has 1 aliphatic rings. The van der Waals surface area contributed by atoms with Crippen molar-refractivity contribution in [2.45, 2.75) is 33.7 Å². The highest BCUT2D eigenvalue weighted by Gasteiger charge is 2.28. The molecule has 1 saturated heterocycles.